The van der Waals surface area contributed by atoms with Crippen LogP contribution in [-0.4, -0.2) is 34.3 Å². The first-order valence-electron chi connectivity index (χ1n) is 8.82. The van der Waals surface area contributed by atoms with Crippen molar-refractivity contribution >= 4 is 45.3 Å². The number of hydrogen-bond donors (Lipinski definition) is 4. The quantitative estimate of drug-likeness (QED) is 0.538. The summed E-state index contributed by atoms with van der Waals surface area (Å²) in [4.78, 5) is 26.3. The molecule has 1 atom stereocenters. The normalized spacial score (nSPS) is 11.4. The Hall–Kier alpha value is -1.48. The number of thiazole rings is 1. The van der Waals surface area contributed by atoms with E-state index in [-0.39, 0.29) is 6.42 Å². The molecule has 0 amide bonds. The third kappa shape index (κ3) is 11.1. The smallest absolute Gasteiger partial charge is 0.304 e. The second kappa shape index (κ2) is 13.7. The number of carbonyl (C=O) groups excluding carboxylic acids is 1. The average molecular weight is 414 g/mol. The van der Waals surface area contributed by atoms with Crippen LogP contribution in [0.1, 0.15) is 45.0 Å². The van der Waals surface area contributed by atoms with E-state index in [1.807, 2.05) is 24.3 Å². The summed E-state index contributed by atoms with van der Waals surface area (Å²) in [6.45, 7) is 10.0. The van der Waals surface area contributed by atoms with E-state index in [2.05, 4.69) is 45.3 Å². The van der Waals surface area contributed by atoms with Crippen molar-refractivity contribution in [3.8, 4) is 0 Å². The number of aliphatic carboxylic acids is 1. The van der Waals surface area contributed by atoms with Gasteiger partial charge in [-0.25, -0.2) is 4.98 Å². The van der Waals surface area contributed by atoms with Gasteiger partial charge in [0, 0.05) is 0 Å². The summed E-state index contributed by atoms with van der Waals surface area (Å²) in [5.74, 6) is -0.477. The van der Waals surface area contributed by atoms with Crippen molar-refractivity contribution in [1.29, 1.82) is 0 Å². The van der Waals surface area contributed by atoms with Crippen LogP contribution in [0.2, 0.25) is 0 Å². The maximum Gasteiger partial charge on any atom is 0.304 e. The molecule has 2 rings (SSSR count). The molecule has 6 nitrogen and oxygen atoms in total. The highest BCUT2D eigenvalue weighted by Gasteiger charge is 2.24. The van der Waals surface area contributed by atoms with Gasteiger partial charge in [0.05, 0.1) is 22.6 Å². The monoisotopic (exact) mass is 413 g/mol. The Balaban J connectivity index is 0.000000563. The van der Waals surface area contributed by atoms with E-state index in [4.69, 9.17) is 16.6 Å². The van der Waals surface area contributed by atoms with Gasteiger partial charge in [-0.3, -0.25) is 9.59 Å². The Kier molecular flexibility index (Phi) is 12.9. The second-order valence-electron chi connectivity index (χ2n) is 6.77. The lowest BCUT2D eigenvalue weighted by Crippen LogP contribution is -2.11. The minimum atomic E-state index is -1.03. The van der Waals surface area contributed by atoms with Gasteiger partial charge >= 0.3 is 5.97 Å². The largest absolute Gasteiger partial charge is 0.481 e. The second-order valence-corrected chi connectivity index (χ2v) is 8.27. The van der Waals surface area contributed by atoms with Crippen molar-refractivity contribution in [3.63, 3.8) is 0 Å². The van der Waals surface area contributed by atoms with Crippen LogP contribution < -0.4 is 11.5 Å². The average Bonchev–Trinajstić information content (AvgIpc) is 3.03. The fraction of sp³-hybridized carbons (Fsp3) is 0.526. The molecule has 0 aliphatic rings. The number of carbonyl (C=O) groups is 2. The number of benzene rings is 1. The van der Waals surface area contributed by atoms with Crippen molar-refractivity contribution in [2.24, 2.45) is 23.3 Å². The Morgan fingerprint density at radius 1 is 1.11 bits per heavy atom. The molecule has 1 unspecified atom stereocenters. The molecule has 27 heavy (non-hydrogen) atoms. The van der Waals surface area contributed by atoms with E-state index in [0.717, 1.165) is 23.3 Å². The first-order chi connectivity index (χ1) is 12.6. The third-order valence-corrected chi connectivity index (χ3v) is 4.69. The minimum Gasteiger partial charge on any atom is -0.481 e. The lowest BCUT2D eigenvalue weighted by molar-refractivity contribution is -0.138. The van der Waals surface area contributed by atoms with E-state index in [9.17, 15) is 9.59 Å². The number of fused-ring (bicyclic) bond motifs is 1. The summed E-state index contributed by atoms with van der Waals surface area (Å²) in [7, 11) is 0. The molecule has 5 N–H and O–H groups in total. The van der Waals surface area contributed by atoms with E-state index in [0.29, 0.717) is 16.8 Å². The highest BCUT2D eigenvalue weighted by atomic mass is 32.1. The zero-order valence-corrected chi connectivity index (χ0v) is 18.1. The molecule has 1 heterocycles. The van der Waals surface area contributed by atoms with Gasteiger partial charge in [0.25, 0.3) is 0 Å². The van der Waals surface area contributed by atoms with Crippen LogP contribution >= 0.6 is 24.0 Å². The third-order valence-electron chi connectivity index (χ3n) is 3.23. The van der Waals surface area contributed by atoms with Crippen LogP contribution in [0.25, 0.3) is 10.2 Å². The molecule has 0 saturated carbocycles. The fourth-order valence-corrected chi connectivity index (χ4v) is 2.86. The minimum absolute atomic E-state index is 0.276. The van der Waals surface area contributed by atoms with Crippen molar-refractivity contribution < 1.29 is 14.7 Å². The molecule has 152 valence electrons. The molecule has 0 saturated heterocycles. The lowest BCUT2D eigenvalue weighted by Gasteiger charge is -2.05. The van der Waals surface area contributed by atoms with E-state index in [1.165, 1.54) is 11.3 Å². The number of aromatic nitrogens is 1. The first-order valence-corrected chi connectivity index (χ1v) is 10.1. The molecule has 0 aliphatic carbocycles. The molecule has 2 aromatic rings. The summed E-state index contributed by atoms with van der Waals surface area (Å²) in [5.41, 5.74) is 11.1. The van der Waals surface area contributed by atoms with Crippen molar-refractivity contribution in [3.05, 3.63) is 29.3 Å². The number of para-hydroxylation sites is 1. The highest BCUT2D eigenvalue weighted by Crippen LogP contribution is 2.30. The number of thiol groups is 1. The van der Waals surface area contributed by atoms with Gasteiger partial charge in [-0.05, 0) is 37.1 Å². The number of hydrogen-bond acceptors (Lipinski definition) is 6. The zero-order chi connectivity index (χ0) is 21.0. The van der Waals surface area contributed by atoms with Gasteiger partial charge < -0.3 is 16.6 Å². The molecule has 0 aliphatic heterocycles. The van der Waals surface area contributed by atoms with Crippen molar-refractivity contribution in [1.82, 2.24) is 4.98 Å². The topological polar surface area (TPSA) is 119 Å². The van der Waals surface area contributed by atoms with Crippen LogP contribution in [0, 0.1) is 11.8 Å². The Morgan fingerprint density at radius 2 is 1.59 bits per heavy atom. The summed E-state index contributed by atoms with van der Waals surface area (Å²) in [5, 5.41) is 8.80. The molecule has 0 bridgehead atoms. The number of carboxylic acid groups (broad SMARTS) is 1. The maximum atomic E-state index is 11.3. The van der Waals surface area contributed by atoms with Crippen LogP contribution in [0.3, 0.4) is 0 Å². The number of nitrogens with two attached hydrogens (primary N) is 2. The van der Waals surface area contributed by atoms with Crippen LogP contribution in [0.15, 0.2) is 24.3 Å². The maximum absolute atomic E-state index is 11.3. The highest BCUT2D eigenvalue weighted by molar-refractivity contribution is 7.96. The van der Waals surface area contributed by atoms with Gasteiger partial charge in [0.15, 0.2) is 5.12 Å². The van der Waals surface area contributed by atoms with Crippen LogP contribution in [0.4, 0.5) is 0 Å². The Labute approximate surface area is 170 Å². The predicted molar refractivity (Wildman–Crippen MR) is 116 cm³/mol. The lowest BCUT2D eigenvalue weighted by atomic mass is 10.1. The number of carboxylic acids is 1. The first kappa shape index (κ1) is 25.5. The Morgan fingerprint density at radius 3 is 1.96 bits per heavy atom. The standard InChI is InChI=1S/C11H9NO3S2.2C4H11N/c13-9(14)5-6(11(15)16)10-12-7-3-1-2-4-8(7)17-10;2*1-4(2)3-5/h1-4,6H,5H2,(H,13,14)(H,15,16);2*4H,3,5H2,1-2H3. The van der Waals surface area contributed by atoms with Gasteiger partial charge in [-0.15, -0.1) is 24.0 Å². The van der Waals surface area contributed by atoms with E-state index in [1.54, 1.807) is 0 Å². The number of nitrogens with zero attached hydrogens (tertiary/aromatic N) is 1. The molecular weight excluding hydrogens is 382 g/mol. The summed E-state index contributed by atoms with van der Waals surface area (Å²) >= 11 is 5.06. The van der Waals surface area contributed by atoms with Crippen molar-refractivity contribution in [2.45, 2.75) is 40.0 Å². The summed E-state index contributed by atoms with van der Waals surface area (Å²) in [6, 6.07) is 7.44. The van der Waals surface area contributed by atoms with Crippen LogP contribution in [0.5, 0.6) is 0 Å². The van der Waals surface area contributed by atoms with E-state index >= 15 is 0 Å². The molecule has 0 spiro atoms. The van der Waals surface area contributed by atoms with Gasteiger partial charge in [-0.1, -0.05) is 39.8 Å². The Bertz CT molecular complexity index is 661. The molecule has 0 radical (unpaired) electrons. The SMILES string of the molecule is CC(C)CN.CC(C)CN.O=C(O)CC(C(=O)S)c1nc2ccccc2s1. The number of rotatable bonds is 6. The van der Waals surface area contributed by atoms with Gasteiger partial charge in [-0.2, -0.15) is 0 Å². The summed E-state index contributed by atoms with van der Waals surface area (Å²) in [6.07, 6.45) is -0.276. The van der Waals surface area contributed by atoms with Gasteiger partial charge in [0.2, 0.25) is 0 Å². The predicted octanol–water partition coefficient (Wildman–Crippen LogP) is 3.51. The summed E-state index contributed by atoms with van der Waals surface area (Å²) < 4.78 is 0.937. The molecular formula is C19H31N3O3S2. The fourth-order valence-electron chi connectivity index (χ4n) is 1.49. The molecule has 1 aromatic heterocycles. The van der Waals surface area contributed by atoms with Crippen LogP contribution in [-0.2, 0) is 9.59 Å². The van der Waals surface area contributed by atoms with Crippen molar-refractivity contribution in [2.75, 3.05) is 13.1 Å². The molecule has 8 heteroatoms. The zero-order valence-electron chi connectivity index (χ0n) is 16.4. The van der Waals surface area contributed by atoms with Gasteiger partial charge in [0.1, 0.15) is 5.01 Å². The molecule has 0 fully saturated rings. The van der Waals surface area contributed by atoms with E-state index < -0.39 is 17.0 Å². The molecule has 1 aromatic carbocycles.